The van der Waals surface area contributed by atoms with E-state index in [1.165, 1.54) is 4.88 Å². The first-order chi connectivity index (χ1) is 13.4. The number of carbonyl (C=O) groups is 3. The number of aryl methyl sites for hydroxylation is 1. The molecule has 0 aliphatic carbocycles. The first kappa shape index (κ1) is 21.6. The summed E-state index contributed by atoms with van der Waals surface area (Å²) in [6.45, 7) is 5.62. The van der Waals surface area contributed by atoms with Crippen LogP contribution in [0.2, 0.25) is 0 Å². The highest BCUT2D eigenvalue weighted by molar-refractivity contribution is 7.09. The van der Waals surface area contributed by atoms with Gasteiger partial charge < -0.3 is 15.4 Å². The van der Waals surface area contributed by atoms with E-state index >= 15 is 0 Å². The van der Waals surface area contributed by atoms with Crippen LogP contribution in [-0.2, 0) is 20.7 Å². The first-order valence-corrected chi connectivity index (χ1v) is 10.1. The van der Waals surface area contributed by atoms with E-state index < -0.39 is 12.0 Å². The van der Waals surface area contributed by atoms with Crippen LogP contribution in [0.1, 0.15) is 34.6 Å². The van der Waals surface area contributed by atoms with Crippen LogP contribution in [0.15, 0.2) is 41.8 Å². The molecule has 2 aromatic rings. The number of thiophene rings is 1. The average Bonchev–Trinajstić information content (AvgIpc) is 3.17. The van der Waals surface area contributed by atoms with Crippen LogP contribution in [0.3, 0.4) is 0 Å². The van der Waals surface area contributed by atoms with Crippen LogP contribution in [0, 0.1) is 12.8 Å². The van der Waals surface area contributed by atoms with Gasteiger partial charge in [-0.05, 0) is 42.8 Å². The number of hydrogen-bond donors (Lipinski definition) is 2. The van der Waals surface area contributed by atoms with Crippen molar-refractivity contribution in [3.63, 3.8) is 0 Å². The first-order valence-electron chi connectivity index (χ1n) is 9.20. The molecule has 0 saturated carbocycles. The Balaban J connectivity index is 1.81. The highest BCUT2D eigenvalue weighted by Gasteiger charge is 2.26. The maximum atomic E-state index is 12.4. The molecule has 1 aromatic heterocycles. The Morgan fingerprint density at radius 3 is 2.57 bits per heavy atom. The van der Waals surface area contributed by atoms with E-state index in [9.17, 15) is 14.4 Å². The molecule has 0 aliphatic heterocycles. The van der Waals surface area contributed by atoms with Crippen molar-refractivity contribution in [2.24, 2.45) is 5.92 Å². The predicted molar refractivity (Wildman–Crippen MR) is 109 cm³/mol. The van der Waals surface area contributed by atoms with E-state index in [1.807, 2.05) is 44.4 Å². The highest BCUT2D eigenvalue weighted by Crippen LogP contribution is 2.09. The Bertz CT molecular complexity index is 802. The smallest absolute Gasteiger partial charge is 0.329 e. The second kappa shape index (κ2) is 10.6. The summed E-state index contributed by atoms with van der Waals surface area (Å²) in [5, 5.41) is 7.40. The topological polar surface area (TPSA) is 84.5 Å². The van der Waals surface area contributed by atoms with E-state index in [1.54, 1.807) is 29.5 Å². The zero-order valence-electron chi connectivity index (χ0n) is 16.4. The Morgan fingerprint density at radius 2 is 1.93 bits per heavy atom. The summed E-state index contributed by atoms with van der Waals surface area (Å²) < 4.78 is 5.11. The molecule has 0 bridgehead atoms. The van der Waals surface area contributed by atoms with Gasteiger partial charge >= 0.3 is 5.97 Å². The van der Waals surface area contributed by atoms with E-state index in [2.05, 4.69) is 10.6 Å². The van der Waals surface area contributed by atoms with Crippen LogP contribution in [0.4, 0.5) is 0 Å². The lowest BCUT2D eigenvalue weighted by molar-refractivity contribution is -0.151. The van der Waals surface area contributed by atoms with Crippen LogP contribution >= 0.6 is 11.3 Å². The monoisotopic (exact) mass is 402 g/mol. The summed E-state index contributed by atoms with van der Waals surface area (Å²) in [5.74, 6) is -1.51. The van der Waals surface area contributed by atoms with Gasteiger partial charge in [0.05, 0.1) is 0 Å². The van der Waals surface area contributed by atoms with E-state index in [0.29, 0.717) is 12.1 Å². The molecule has 2 rings (SSSR count). The highest BCUT2D eigenvalue weighted by atomic mass is 32.1. The Morgan fingerprint density at radius 1 is 1.14 bits per heavy atom. The zero-order chi connectivity index (χ0) is 20.5. The lowest BCUT2D eigenvalue weighted by Gasteiger charge is -2.21. The Hall–Kier alpha value is -2.67. The summed E-state index contributed by atoms with van der Waals surface area (Å²) in [6.07, 6.45) is 0.735. The largest absolute Gasteiger partial charge is 0.454 e. The molecule has 150 valence electrons. The van der Waals surface area contributed by atoms with Gasteiger partial charge in [-0.2, -0.15) is 0 Å². The minimum atomic E-state index is -0.827. The van der Waals surface area contributed by atoms with Crippen molar-refractivity contribution in [2.45, 2.75) is 33.2 Å². The van der Waals surface area contributed by atoms with Gasteiger partial charge in [0.15, 0.2) is 6.61 Å². The van der Waals surface area contributed by atoms with Gasteiger partial charge in [0.2, 0.25) is 0 Å². The number of carbonyl (C=O) groups excluding carboxylic acids is 3. The second-order valence-electron chi connectivity index (χ2n) is 6.85. The number of nitrogens with one attached hydrogen (secondary N) is 2. The number of rotatable bonds is 9. The molecule has 0 radical (unpaired) electrons. The molecule has 7 heteroatoms. The molecule has 6 nitrogen and oxygen atoms in total. The maximum absolute atomic E-state index is 12.4. The minimum absolute atomic E-state index is 0.178. The van der Waals surface area contributed by atoms with Crippen molar-refractivity contribution in [2.75, 3.05) is 13.2 Å². The molecule has 0 fully saturated rings. The van der Waals surface area contributed by atoms with Crippen molar-refractivity contribution in [1.82, 2.24) is 10.6 Å². The van der Waals surface area contributed by atoms with Crippen LogP contribution in [0.5, 0.6) is 0 Å². The summed E-state index contributed by atoms with van der Waals surface area (Å²) in [7, 11) is 0. The van der Waals surface area contributed by atoms with Crippen LogP contribution in [0.25, 0.3) is 0 Å². The van der Waals surface area contributed by atoms with Gasteiger partial charge in [0.25, 0.3) is 11.8 Å². The normalized spacial score (nSPS) is 11.7. The number of amides is 2. The molecule has 0 unspecified atom stereocenters. The van der Waals surface area contributed by atoms with Crippen molar-refractivity contribution < 1.29 is 19.1 Å². The molecule has 1 aromatic carbocycles. The van der Waals surface area contributed by atoms with Crippen molar-refractivity contribution in [3.05, 3.63) is 57.8 Å². The van der Waals surface area contributed by atoms with E-state index in [4.69, 9.17) is 4.74 Å². The van der Waals surface area contributed by atoms with Gasteiger partial charge in [-0.3, -0.25) is 9.59 Å². The molecular weight excluding hydrogens is 376 g/mol. The summed E-state index contributed by atoms with van der Waals surface area (Å²) in [4.78, 5) is 37.8. The number of esters is 1. The van der Waals surface area contributed by atoms with Crippen molar-refractivity contribution in [3.8, 4) is 0 Å². The fourth-order valence-corrected chi connectivity index (χ4v) is 3.28. The quantitative estimate of drug-likeness (QED) is 0.632. The van der Waals surface area contributed by atoms with Gasteiger partial charge in [0.1, 0.15) is 6.04 Å². The molecule has 1 atom stereocenters. The molecule has 0 aliphatic rings. The minimum Gasteiger partial charge on any atom is -0.454 e. The number of hydrogen-bond acceptors (Lipinski definition) is 5. The Labute approximate surface area is 169 Å². The lowest BCUT2D eigenvalue weighted by Crippen LogP contribution is -2.46. The third-order valence-electron chi connectivity index (χ3n) is 4.11. The van der Waals surface area contributed by atoms with Gasteiger partial charge in [-0.15, -0.1) is 11.3 Å². The molecule has 2 amide bonds. The number of ether oxygens (including phenoxy) is 1. The fourth-order valence-electron chi connectivity index (χ4n) is 2.57. The van der Waals surface area contributed by atoms with E-state index in [0.717, 1.165) is 12.0 Å². The fraction of sp³-hybridized carbons (Fsp3) is 0.381. The standard InChI is InChI=1S/C21H26N2O4S/c1-14(2)19(23-20(25)16-7-4-6-15(3)12-16)21(26)27-13-18(24)22-10-9-17-8-5-11-28-17/h4-8,11-12,14,19H,9-10,13H2,1-3H3,(H,22,24)(H,23,25)/t19-/m0/s1. The van der Waals surface area contributed by atoms with Gasteiger partial charge in [-0.1, -0.05) is 37.6 Å². The van der Waals surface area contributed by atoms with Crippen molar-refractivity contribution >= 4 is 29.1 Å². The summed E-state index contributed by atoms with van der Waals surface area (Å²) in [5.41, 5.74) is 1.43. The van der Waals surface area contributed by atoms with E-state index in [-0.39, 0.29) is 24.3 Å². The summed E-state index contributed by atoms with van der Waals surface area (Å²) >= 11 is 1.63. The third kappa shape index (κ3) is 6.81. The van der Waals surface area contributed by atoms with Gasteiger partial charge in [0, 0.05) is 17.0 Å². The zero-order valence-corrected chi connectivity index (χ0v) is 17.2. The number of benzene rings is 1. The Kier molecular flexibility index (Phi) is 8.19. The maximum Gasteiger partial charge on any atom is 0.329 e. The second-order valence-corrected chi connectivity index (χ2v) is 7.88. The molecule has 1 heterocycles. The summed E-state index contributed by atoms with van der Waals surface area (Å²) in [6, 6.07) is 10.2. The van der Waals surface area contributed by atoms with Crippen LogP contribution < -0.4 is 10.6 Å². The molecular formula is C21H26N2O4S. The molecule has 0 spiro atoms. The average molecular weight is 403 g/mol. The predicted octanol–water partition coefficient (Wildman–Crippen LogP) is 2.71. The molecule has 28 heavy (non-hydrogen) atoms. The van der Waals surface area contributed by atoms with Crippen molar-refractivity contribution in [1.29, 1.82) is 0 Å². The molecule has 0 saturated heterocycles. The third-order valence-corrected chi connectivity index (χ3v) is 5.04. The van der Waals surface area contributed by atoms with Crippen LogP contribution in [-0.4, -0.2) is 37.0 Å². The SMILES string of the molecule is Cc1cccc(C(=O)N[C@H](C(=O)OCC(=O)NCCc2cccs2)C(C)C)c1. The lowest BCUT2D eigenvalue weighted by atomic mass is 10.0. The molecule has 2 N–H and O–H groups in total. The van der Waals surface area contributed by atoms with Gasteiger partial charge in [-0.25, -0.2) is 4.79 Å².